The molecule has 0 bridgehead atoms. The Labute approximate surface area is 153 Å². The minimum atomic E-state index is -0.688. The first kappa shape index (κ1) is 18.6. The van der Waals surface area contributed by atoms with E-state index in [0.717, 1.165) is 0 Å². The van der Waals surface area contributed by atoms with Crippen molar-refractivity contribution in [3.63, 3.8) is 0 Å². The second kappa shape index (κ2) is 7.60. The van der Waals surface area contributed by atoms with Crippen LogP contribution in [0.2, 0.25) is 0 Å². The van der Waals surface area contributed by atoms with Crippen LogP contribution in [0.5, 0.6) is 0 Å². The fraction of sp³-hybridized carbons (Fsp3) is 0.375. The standard InChI is InChI=1S/C16H18N6O5/c1-9(23)6-21(7-10(2)24)16-11-5-17-8-18-14(11)19-15(20-16)12-3-4-13(27-12)22(25)26/h3-5,8-10,23-24H,6-7H2,1-2H3. The number of nitrogens with zero attached hydrogens (tertiary/aromatic N) is 6. The molecule has 0 aliphatic carbocycles. The highest BCUT2D eigenvalue weighted by Crippen LogP contribution is 2.29. The monoisotopic (exact) mass is 374 g/mol. The predicted molar refractivity (Wildman–Crippen MR) is 95.1 cm³/mol. The van der Waals surface area contributed by atoms with Gasteiger partial charge in [0.05, 0.1) is 23.7 Å². The number of aliphatic hydroxyl groups is 2. The molecule has 2 unspecified atom stereocenters. The van der Waals surface area contributed by atoms with Crippen molar-refractivity contribution in [1.82, 2.24) is 19.9 Å². The highest BCUT2D eigenvalue weighted by molar-refractivity contribution is 5.87. The van der Waals surface area contributed by atoms with Crippen LogP contribution in [0.3, 0.4) is 0 Å². The Morgan fingerprint density at radius 3 is 2.52 bits per heavy atom. The van der Waals surface area contributed by atoms with Gasteiger partial charge in [0.15, 0.2) is 17.2 Å². The quantitative estimate of drug-likeness (QED) is 0.455. The van der Waals surface area contributed by atoms with E-state index < -0.39 is 23.0 Å². The molecule has 0 aromatic carbocycles. The first-order valence-corrected chi connectivity index (χ1v) is 8.18. The summed E-state index contributed by atoms with van der Waals surface area (Å²) in [6, 6.07) is 2.61. The molecule has 11 heteroatoms. The normalized spacial score (nSPS) is 13.5. The first-order chi connectivity index (χ1) is 12.8. The van der Waals surface area contributed by atoms with Crippen LogP contribution in [0.15, 0.2) is 29.1 Å². The second-order valence-corrected chi connectivity index (χ2v) is 6.13. The van der Waals surface area contributed by atoms with Gasteiger partial charge in [-0.15, -0.1) is 0 Å². The second-order valence-electron chi connectivity index (χ2n) is 6.13. The summed E-state index contributed by atoms with van der Waals surface area (Å²) < 4.78 is 5.19. The Morgan fingerprint density at radius 2 is 1.93 bits per heavy atom. The lowest BCUT2D eigenvalue weighted by atomic mass is 10.2. The fourth-order valence-electron chi connectivity index (χ4n) is 2.64. The van der Waals surface area contributed by atoms with E-state index >= 15 is 0 Å². The summed E-state index contributed by atoms with van der Waals surface area (Å²) in [5, 5.41) is 31.0. The lowest BCUT2D eigenvalue weighted by molar-refractivity contribution is -0.401. The summed E-state index contributed by atoms with van der Waals surface area (Å²) in [6.07, 6.45) is 1.47. The fourth-order valence-corrected chi connectivity index (χ4v) is 2.64. The van der Waals surface area contributed by atoms with Crippen LogP contribution >= 0.6 is 0 Å². The summed E-state index contributed by atoms with van der Waals surface area (Å²) >= 11 is 0. The Morgan fingerprint density at radius 1 is 1.22 bits per heavy atom. The largest absolute Gasteiger partial charge is 0.433 e. The van der Waals surface area contributed by atoms with Crippen LogP contribution < -0.4 is 4.90 Å². The third-order valence-corrected chi connectivity index (χ3v) is 3.62. The lowest BCUT2D eigenvalue weighted by Gasteiger charge is -2.27. The molecule has 0 amide bonds. The van der Waals surface area contributed by atoms with Gasteiger partial charge in [0, 0.05) is 19.3 Å². The van der Waals surface area contributed by atoms with Gasteiger partial charge in [-0.25, -0.2) is 19.9 Å². The van der Waals surface area contributed by atoms with Crippen LogP contribution in [0.25, 0.3) is 22.6 Å². The third-order valence-electron chi connectivity index (χ3n) is 3.62. The number of furan rings is 1. The maximum atomic E-state index is 10.9. The topological polar surface area (TPSA) is 152 Å². The van der Waals surface area contributed by atoms with Crippen molar-refractivity contribution < 1.29 is 19.6 Å². The van der Waals surface area contributed by atoms with Crippen LogP contribution in [0, 0.1) is 10.1 Å². The number of fused-ring (bicyclic) bond motifs is 1. The van der Waals surface area contributed by atoms with E-state index in [9.17, 15) is 20.3 Å². The van der Waals surface area contributed by atoms with E-state index in [0.29, 0.717) is 16.9 Å². The summed E-state index contributed by atoms with van der Waals surface area (Å²) in [6.45, 7) is 3.63. The molecule has 3 rings (SSSR count). The van der Waals surface area contributed by atoms with E-state index in [2.05, 4.69) is 19.9 Å². The minimum absolute atomic E-state index is 0.102. The molecule has 2 N–H and O–H groups in total. The van der Waals surface area contributed by atoms with Gasteiger partial charge in [-0.05, 0) is 19.9 Å². The zero-order valence-corrected chi connectivity index (χ0v) is 14.7. The lowest BCUT2D eigenvalue weighted by Crippen LogP contribution is -2.37. The number of nitro groups is 1. The van der Waals surface area contributed by atoms with Crippen LogP contribution in [-0.2, 0) is 0 Å². The average Bonchev–Trinajstić information content (AvgIpc) is 3.10. The summed E-state index contributed by atoms with van der Waals surface area (Å²) in [5.41, 5.74) is 0.310. The molecule has 11 nitrogen and oxygen atoms in total. The molecule has 3 aromatic heterocycles. The Bertz CT molecular complexity index is 947. The van der Waals surface area contributed by atoms with Crippen LogP contribution in [0.1, 0.15) is 13.8 Å². The highest BCUT2D eigenvalue weighted by Gasteiger charge is 2.21. The van der Waals surface area contributed by atoms with Gasteiger partial charge < -0.3 is 19.5 Å². The van der Waals surface area contributed by atoms with Gasteiger partial charge in [-0.3, -0.25) is 10.1 Å². The van der Waals surface area contributed by atoms with Crippen molar-refractivity contribution >= 4 is 22.7 Å². The smallest absolute Gasteiger partial charge is 0.397 e. The zero-order chi connectivity index (χ0) is 19.6. The van der Waals surface area contributed by atoms with Gasteiger partial charge in [0.25, 0.3) is 0 Å². The molecule has 27 heavy (non-hydrogen) atoms. The number of rotatable bonds is 7. The van der Waals surface area contributed by atoms with E-state index in [-0.39, 0.29) is 24.7 Å². The van der Waals surface area contributed by atoms with Crippen LogP contribution in [0.4, 0.5) is 11.7 Å². The van der Waals surface area contributed by atoms with Crippen molar-refractivity contribution in [3.8, 4) is 11.6 Å². The first-order valence-electron chi connectivity index (χ1n) is 8.18. The maximum absolute atomic E-state index is 10.9. The molecule has 142 valence electrons. The predicted octanol–water partition coefficient (Wildman–Crippen LogP) is 1.16. The zero-order valence-electron chi connectivity index (χ0n) is 14.7. The van der Waals surface area contributed by atoms with Crippen molar-refractivity contribution in [2.45, 2.75) is 26.1 Å². The van der Waals surface area contributed by atoms with E-state index in [1.54, 1.807) is 18.7 Å². The molecule has 0 fully saturated rings. The molecular weight excluding hydrogens is 356 g/mol. The minimum Gasteiger partial charge on any atom is -0.397 e. The summed E-state index contributed by atoms with van der Waals surface area (Å²) in [7, 11) is 0. The summed E-state index contributed by atoms with van der Waals surface area (Å²) in [5.74, 6) is 0.169. The molecule has 2 atom stereocenters. The molecule has 0 spiro atoms. The van der Waals surface area contributed by atoms with Crippen molar-refractivity contribution in [1.29, 1.82) is 0 Å². The third kappa shape index (κ3) is 4.15. The van der Waals surface area contributed by atoms with Gasteiger partial charge in [0.2, 0.25) is 0 Å². The molecule has 0 aliphatic heterocycles. The molecule has 0 radical (unpaired) electrons. The number of aliphatic hydroxyl groups excluding tert-OH is 2. The molecule has 0 aliphatic rings. The Balaban J connectivity index is 2.15. The SMILES string of the molecule is CC(O)CN(CC(C)O)c1nc(-c2ccc([N+](=O)[O-])o2)nc2ncncc12. The van der Waals surface area contributed by atoms with Gasteiger partial charge >= 0.3 is 5.88 Å². The number of hydrogen-bond acceptors (Lipinski definition) is 10. The number of aromatic nitrogens is 4. The van der Waals surface area contributed by atoms with E-state index in [1.807, 2.05) is 0 Å². The van der Waals surface area contributed by atoms with Crippen molar-refractivity contribution in [2.75, 3.05) is 18.0 Å². The molecule has 0 saturated heterocycles. The molecule has 3 aromatic rings. The number of hydrogen-bond donors (Lipinski definition) is 2. The van der Waals surface area contributed by atoms with Crippen LogP contribution in [-0.4, -0.2) is 60.4 Å². The average molecular weight is 374 g/mol. The number of anilines is 1. The van der Waals surface area contributed by atoms with Gasteiger partial charge in [-0.1, -0.05) is 0 Å². The van der Waals surface area contributed by atoms with Gasteiger partial charge in [-0.2, -0.15) is 0 Å². The Kier molecular flexibility index (Phi) is 5.23. The molecular formula is C16H18N6O5. The maximum Gasteiger partial charge on any atom is 0.433 e. The Hall–Kier alpha value is -3.18. The van der Waals surface area contributed by atoms with Crippen molar-refractivity contribution in [3.05, 3.63) is 34.8 Å². The van der Waals surface area contributed by atoms with Crippen molar-refractivity contribution in [2.24, 2.45) is 0 Å². The van der Waals surface area contributed by atoms with Gasteiger partial charge in [0.1, 0.15) is 17.1 Å². The molecule has 3 heterocycles. The molecule has 0 saturated carbocycles. The van der Waals surface area contributed by atoms with E-state index in [1.165, 1.54) is 24.7 Å². The summed E-state index contributed by atoms with van der Waals surface area (Å²) in [4.78, 5) is 28.7. The highest BCUT2D eigenvalue weighted by atomic mass is 16.6. The van der Waals surface area contributed by atoms with E-state index in [4.69, 9.17) is 4.42 Å².